The number of rotatable bonds is 4. The molecule has 0 N–H and O–H groups in total. The van der Waals surface area contributed by atoms with Gasteiger partial charge in [-0.2, -0.15) is 0 Å². The fourth-order valence-electron chi connectivity index (χ4n) is 2.40. The standard InChI is InChI=1S/C18H13BrClNO2/c1-2-23-13-6-3-11(4-7-13)17-10-15(18(20)22)14-9-12(19)5-8-16(14)21-17/h3-10H,2H2,1H3. The van der Waals surface area contributed by atoms with E-state index in [1.165, 1.54) is 0 Å². The molecule has 23 heavy (non-hydrogen) atoms. The zero-order valence-electron chi connectivity index (χ0n) is 12.3. The van der Waals surface area contributed by atoms with Crippen molar-refractivity contribution in [3.63, 3.8) is 0 Å². The topological polar surface area (TPSA) is 39.2 Å². The Balaban J connectivity index is 2.14. The molecule has 116 valence electrons. The van der Waals surface area contributed by atoms with E-state index in [1.807, 2.05) is 49.4 Å². The van der Waals surface area contributed by atoms with Crippen LogP contribution in [0, 0.1) is 0 Å². The molecule has 3 aromatic rings. The zero-order valence-corrected chi connectivity index (χ0v) is 14.7. The Kier molecular flexibility index (Phi) is 4.64. The Labute approximate surface area is 147 Å². The van der Waals surface area contributed by atoms with Crippen LogP contribution in [0.3, 0.4) is 0 Å². The van der Waals surface area contributed by atoms with Gasteiger partial charge in [-0.25, -0.2) is 4.98 Å². The molecular weight excluding hydrogens is 378 g/mol. The molecule has 0 bridgehead atoms. The highest BCUT2D eigenvalue weighted by atomic mass is 79.9. The van der Waals surface area contributed by atoms with Crippen molar-refractivity contribution < 1.29 is 9.53 Å². The first kappa shape index (κ1) is 16.0. The number of carbonyl (C=O) groups is 1. The molecule has 3 rings (SSSR count). The molecule has 1 aromatic heterocycles. The van der Waals surface area contributed by atoms with Crippen molar-refractivity contribution in [2.24, 2.45) is 0 Å². The fourth-order valence-corrected chi connectivity index (χ4v) is 2.91. The maximum atomic E-state index is 11.8. The van der Waals surface area contributed by atoms with E-state index < -0.39 is 5.24 Å². The average molecular weight is 391 g/mol. The number of hydrogen-bond acceptors (Lipinski definition) is 3. The van der Waals surface area contributed by atoms with Gasteiger partial charge in [-0.15, -0.1) is 0 Å². The van der Waals surface area contributed by atoms with E-state index in [0.29, 0.717) is 17.9 Å². The van der Waals surface area contributed by atoms with Crippen LogP contribution < -0.4 is 4.74 Å². The van der Waals surface area contributed by atoms with Crippen molar-refractivity contribution in [2.75, 3.05) is 6.61 Å². The molecule has 5 heteroatoms. The molecule has 0 atom stereocenters. The molecule has 0 aliphatic heterocycles. The van der Waals surface area contributed by atoms with Gasteiger partial charge < -0.3 is 4.74 Å². The van der Waals surface area contributed by atoms with Crippen LogP contribution in [0.4, 0.5) is 0 Å². The lowest BCUT2D eigenvalue weighted by molar-refractivity contribution is 0.108. The summed E-state index contributed by atoms with van der Waals surface area (Å²) in [6, 6.07) is 14.9. The lowest BCUT2D eigenvalue weighted by atomic mass is 10.0. The zero-order chi connectivity index (χ0) is 16.4. The van der Waals surface area contributed by atoms with E-state index in [0.717, 1.165) is 26.7 Å². The van der Waals surface area contributed by atoms with E-state index in [9.17, 15) is 4.79 Å². The van der Waals surface area contributed by atoms with Crippen molar-refractivity contribution in [1.29, 1.82) is 0 Å². The molecule has 0 aliphatic carbocycles. The van der Waals surface area contributed by atoms with Crippen molar-refractivity contribution in [1.82, 2.24) is 4.98 Å². The smallest absolute Gasteiger partial charge is 0.253 e. The molecule has 3 nitrogen and oxygen atoms in total. The van der Waals surface area contributed by atoms with Gasteiger partial charge in [0.15, 0.2) is 0 Å². The average Bonchev–Trinajstić information content (AvgIpc) is 2.55. The Hall–Kier alpha value is -1.91. The molecule has 0 radical (unpaired) electrons. The summed E-state index contributed by atoms with van der Waals surface area (Å²) in [5.74, 6) is 0.801. The largest absolute Gasteiger partial charge is 0.494 e. The third kappa shape index (κ3) is 3.38. The lowest BCUT2D eigenvalue weighted by Gasteiger charge is -2.09. The summed E-state index contributed by atoms with van der Waals surface area (Å²) in [6.07, 6.45) is 0. The van der Waals surface area contributed by atoms with Gasteiger partial charge in [0.25, 0.3) is 5.24 Å². The molecule has 0 saturated heterocycles. The Morgan fingerprint density at radius 2 is 1.91 bits per heavy atom. The summed E-state index contributed by atoms with van der Waals surface area (Å²) >= 11 is 9.16. The highest BCUT2D eigenvalue weighted by molar-refractivity contribution is 9.10. The maximum absolute atomic E-state index is 11.8. The third-order valence-electron chi connectivity index (χ3n) is 3.44. The highest BCUT2D eigenvalue weighted by Crippen LogP contribution is 2.29. The SMILES string of the molecule is CCOc1ccc(-c2cc(C(=O)Cl)c3cc(Br)ccc3n2)cc1. The van der Waals surface area contributed by atoms with Crippen molar-refractivity contribution in [3.05, 3.63) is 58.6 Å². The second-order valence-corrected chi connectivity index (χ2v) is 6.21. The van der Waals surface area contributed by atoms with Crippen molar-refractivity contribution >= 4 is 43.7 Å². The van der Waals surface area contributed by atoms with Gasteiger partial charge in [0, 0.05) is 21.0 Å². The summed E-state index contributed by atoms with van der Waals surface area (Å²) in [5.41, 5.74) is 2.77. The highest BCUT2D eigenvalue weighted by Gasteiger charge is 2.12. The van der Waals surface area contributed by atoms with Gasteiger partial charge in [0.2, 0.25) is 0 Å². The number of nitrogens with zero attached hydrogens (tertiary/aromatic N) is 1. The van der Waals surface area contributed by atoms with Crippen molar-refractivity contribution in [3.8, 4) is 17.0 Å². The van der Waals surface area contributed by atoms with E-state index in [2.05, 4.69) is 20.9 Å². The quantitative estimate of drug-likeness (QED) is 0.557. The number of hydrogen-bond donors (Lipinski definition) is 0. The number of ether oxygens (including phenoxy) is 1. The number of pyridine rings is 1. The molecule has 0 fully saturated rings. The summed E-state index contributed by atoms with van der Waals surface area (Å²) < 4.78 is 6.32. The van der Waals surface area contributed by atoms with Crippen LogP contribution in [0.25, 0.3) is 22.2 Å². The molecule has 0 aliphatic rings. The molecule has 2 aromatic carbocycles. The monoisotopic (exact) mass is 389 g/mol. The van der Waals surface area contributed by atoms with Crippen LogP contribution in [0.5, 0.6) is 5.75 Å². The first-order chi connectivity index (χ1) is 11.1. The van der Waals surface area contributed by atoms with Crippen LogP contribution in [0.1, 0.15) is 17.3 Å². The summed E-state index contributed by atoms with van der Waals surface area (Å²) in [4.78, 5) is 16.4. The Morgan fingerprint density at radius 1 is 1.17 bits per heavy atom. The summed E-state index contributed by atoms with van der Waals surface area (Å²) in [5, 5.41) is 0.233. The van der Waals surface area contributed by atoms with Gasteiger partial charge in [-0.05, 0) is 67.1 Å². The minimum atomic E-state index is -0.498. The minimum Gasteiger partial charge on any atom is -0.494 e. The Bertz CT molecular complexity index is 878. The third-order valence-corrected chi connectivity index (χ3v) is 4.14. The van der Waals surface area contributed by atoms with E-state index >= 15 is 0 Å². The Morgan fingerprint density at radius 3 is 2.57 bits per heavy atom. The number of benzene rings is 2. The number of fused-ring (bicyclic) bond motifs is 1. The van der Waals surface area contributed by atoms with Crippen LogP contribution >= 0.6 is 27.5 Å². The molecule has 0 amide bonds. The van der Waals surface area contributed by atoms with E-state index in [1.54, 1.807) is 6.07 Å². The first-order valence-corrected chi connectivity index (χ1v) is 8.29. The van der Waals surface area contributed by atoms with Crippen LogP contribution in [0.15, 0.2) is 53.0 Å². The normalized spacial score (nSPS) is 10.7. The minimum absolute atomic E-state index is 0.446. The van der Waals surface area contributed by atoms with Crippen LogP contribution in [-0.2, 0) is 0 Å². The summed E-state index contributed by atoms with van der Waals surface area (Å²) in [6.45, 7) is 2.56. The van der Waals surface area contributed by atoms with Gasteiger partial charge >= 0.3 is 0 Å². The molecular formula is C18H13BrClNO2. The van der Waals surface area contributed by atoms with Crippen LogP contribution in [0.2, 0.25) is 0 Å². The lowest BCUT2D eigenvalue weighted by Crippen LogP contribution is -1.96. The van der Waals surface area contributed by atoms with Gasteiger partial charge in [-0.1, -0.05) is 15.9 Å². The summed E-state index contributed by atoms with van der Waals surface area (Å²) in [7, 11) is 0. The predicted octanol–water partition coefficient (Wildman–Crippen LogP) is 5.44. The van der Waals surface area contributed by atoms with Gasteiger partial charge in [-0.3, -0.25) is 4.79 Å². The van der Waals surface area contributed by atoms with E-state index in [4.69, 9.17) is 16.3 Å². The molecule has 0 spiro atoms. The first-order valence-electron chi connectivity index (χ1n) is 7.12. The second kappa shape index (κ2) is 6.69. The molecule has 0 saturated carbocycles. The second-order valence-electron chi connectivity index (χ2n) is 4.95. The van der Waals surface area contributed by atoms with Crippen molar-refractivity contribution in [2.45, 2.75) is 6.92 Å². The number of carbonyl (C=O) groups excluding carboxylic acids is 1. The van der Waals surface area contributed by atoms with Gasteiger partial charge in [0.1, 0.15) is 5.75 Å². The van der Waals surface area contributed by atoms with Crippen LogP contribution in [-0.4, -0.2) is 16.8 Å². The molecule has 0 unspecified atom stereocenters. The van der Waals surface area contributed by atoms with E-state index in [-0.39, 0.29) is 0 Å². The number of halogens is 2. The van der Waals surface area contributed by atoms with Gasteiger partial charge in [0.05, 0.1) is 17.8 Å². The predicted molar refractivity (Wildman–Crippen MR) is 96.2 cm³/mol. The maximum Gasteiger partial charge on any atom is 0.253 e. The fraction of sp³-hybridized carbons (Fsp3) is 0.111. The number of aromatic nitrogens is 1. The molecule has 1 heterocycles.